The monoisotopic (exact) mass is 407 g/mol. The van der Waals surface area contributed by atoms with Crippen LogP contribution in [0.2, 0.25) is 0 Å². The van der Waals surface area contributed by atoms with E-state index in [4.69, 9.17) is 4.74 Å². The molecule has 2 aromatic rings. The van der Waals surface area contributed by atoms with Gasteiger partial charge in [-0.1, -0.05) is 54.6 Å². The Kier molecular flexibility index (Phi) is 6.77. The fourth-order valence-electron chi connectivity index (χ4n) is 4.22. The second-order valence-electron chi connectivity index (χ2n) is 7.88. The lowest BCUT2D eigenvalue weighted by atomic mass is 9.91. The number of nitrogens with zero attached hydrogens (tertiary/aromatic N) is 2. The molecule has 0 saturated carbocycles. The summed E-state index contributed by atoms with van der Waals surface area (Å²) in [6.45, 7) is 5.43. The highest BCUT2D eigenvalue weighted by atomic mass is 16.5. The fraction of sp³-hybridized carbons (Fsp3) is 0.417. The van der Waals surface area contributed by atoms with Crippen molar-refractivity contribution in [3.05, 3.63) is 71.3 Å². The zero-order chi connectivity index (χ0) is 20.8. The van der Waals surface area contributed by atoms with Crippen LogP contribution in [-0.4, -0.2) is 61.0 Å². The summed E-state index contributed by atoms with van der Waals surface area (Å²) < 4.78 is 5.38. The lowest BCUT2D eigenvalue weighted by Crippen LogP contribution is -2.47. The molecule has 2 aliphatic rings. The molecule has 1 fully saturated rings. The van der Waals surface area contributed by atoms with Crippen LogP contribution in [0.25, 0.3) is 0 Å². The first-order valence-corrected chi connectivity index (χ1v) is 10.7. The molecule has 0 aliphatic carbocycles. The number of amides is 2. The minimum atomic E-state index is -0.592. The van der Waals surface area contributed by atoms with Crippen molar-refractivity contribution in [1.29, 1.82) is 0 Å². The second-order valence-corrected chi connectivity index (χ2v) is 7.88. The Balaban J connectivity index is 1.44. The van der Waals surface area contributed by atoms with Gasteiger partial charge in [-0.15, -0.1) is 0 Å². The van der Waals surface area contributed by atoms with E-state index >= 15 is 0 Å². The molecule has 6 heteroatoms. The van der Waals surface area contributed by atoms with Crippen LogP contribution in [0.5, 0.6) is 0 Å². The lowest BCUT2D eigenvalue weighted by molar-refractivity contribution is -0.142. The molecular weight excluding hydrogens is 378 g/mol. The maximum Gasteiger partial charge on any atom is 0.247 e. The van der Waals surface area contributed by atoms with Crippen LogP contribution in [0, 0.1) is 0 Å². The molecule has 2 amide bonds. The van der Waals surface area contributed by atoms with Crippen molar-refractivity contribution in [3.63, 3.8) is 0 Å². The average molecular weight is 408 g/mol. The van der Waals surface area contributed by atoms with Crippen molar-refractivity contribution in [3.8, 4) is 0 Å². The molecule has 0 radical (unpaired) electrons. The third-order valence-corrected chi connectivity index (χ3v) is 5.82. The average Bonchev–Trinajstić information content (AvgIpc) is 2.78. The van der Waals surface area contributed by atoms with Crippen LogP contribution >= 0.6 is 0 Å². The van der Waals surface area contributed by atoms with Crippen LogP contribution in [0.4, 0.5) is 0 Å². The first kappa shape index (κ1) is 20.6. The SMILES string of the molecule is O=C(NCCCN1CCOCC1)[C@H]1c2ccccc2CC(=O)N1Cc1ccccc1. The van der Waals surface area contributed by atoms with Gasteiger partial charge in [-0.2, -0.15) is 0 Å². The third kappa shape index (κ3) is 4.89. The molecule has 1 atom stereocenters. The maximum absolute atomic E-state index is 13.2. The molecule has 30 heavy (non-hydrogen) atoms. The topological polar surface area (TPSA) is 61.9 Å². The van der Waals surface area contributed by atoms with Gasteiger partial charge in [0, 0.05) is 26.2 Å². The van der Waals surface area contributed by atoms with Crippen molar-refractivity contribution in [1.82, 2.24) is 15.1 Å². The predicted octanol–water partition coefficient (Wildman–Crippen LogP) is 2.15. The zero-order valence-electron chi connectivity index (χ0n) is 17.3. The first-order valence-electron chi connectivity index (χ1n) is 10.7. The van der Waals surface area contributed by atoms with Crippen molar-refractivity contribution in [2.75, 3.05) is 39.4 Å². The molecule has 6 nitrogen and oxygen atoms in total. The number of morpholine rings is 1. The van der Waals surface area contributed by atoms with E-state index in [0.717, 1.165) is 56.0 Å². The Morgan fingerprint density at radius 1 is 1.03 bits per heavy atom. The number of carbonyl (C=O) groups is 2. The summed E-state index contributed by atoms with van der Waals surface area (Å²) in [5.74, 6) is -0.112. The van der Waals surface area contributed by atoms with E-state index < -0.39 is 6.04 Å². The summed E-state index contributed by atoms with van der Waals surface area (Å²) in [7, 11) is 0. The number of hydrogen-bond donors (Lipinski definition) is 1. The molecule has 4 rings (SSSR count). The number of carbonyl (C=O) groups excluding carboxylic acids is 2. The van der Waals surface area contributed by atoms with E-state index in [1.54, 1.807) is 4.90 Å². The number of hydrogen-bond acceptors (Lipinski definition) is 4. The van der Waals surface area contributed by atoms with Crippen LogP contribution in [0.3, 0.4) is 0 Å². The second kappa shape index (κ2) is 9.87. The molecule has 2 aromatic carbocycles. The fourth-order valence-corrected chi connectivity index (χ4v) is 4.22. The third-order valence-electron chi connectivity index (χ3n) is 5.82. The zero-order valence-corrected chi connectivity index (χ0v) is 17.3. The van der Waals surface area contributed by atoms with Gasteiger partial charge in [0.05, 0.1) is 19.6 Å². The highest BCUT2D eigenvalue weighted by molar-refractivity contribution is 5.92. The van der Waals surface area contributed by atoms with E-state index in [9.17, 15) is 9.59 Å². The molecule has 2 aliphatic heterocycles. The first-order chi connectivity index (χ1) is 14.7. The van der Waals surface area contributed by atoms with Gasteiger partial charge >= 0.3 is 0 Å². The quantitative estimate of drug-likeness (QED) is 0.715. The molecule has 0 unspecified atom stereocenters. The lowest BCUT2D eigenvalue weighted by Gasteiger charge is -2.36. The smallest absolute Gasteiger partial charge is 0.247 e. The Bertz CT molecular complexity index is 865. The minimum absolute atomic E-state index is 0.00832. The van der Waals surface area contributed by atoms with E-state index in [1.165, 1.54) is 0 Å². The van der Waals surface area contributed by atoms with Crippen LogP contribution in [0.15, 0.2) is 54.6 Å². The molecule has 0 aromatic heterocycles. The van der Waals surface area contributed by atoms with E-state index in [1.807, 2.05) is 54.6 Å². The van der Waals surface area contributed by atoms with Crippen molar-refractivity contribution in [2.24, 2.45) is 0 Å². The maximum atomic E-state index is 13.2. The van der Waals surface area contributed by atoms with E-state index in [0.29, 0.717) is 19.5 Å². The normalized spacial score (nSPS) is 19.4. The summed E-state index contributed by atoms with van der Waals surface area (Å²) in [6.07, 6.45) is 1.22. The van der Waals surface area contributed by atoms with E-state index in [2.05, 4.69) is 10.2 Å². The van der Waals surface area contributed by atoms with Gasteiger partial charge in [0.2, 0.25) is 11.8 Å². The summed E-state index contributed by atoms with van der Waals surface area (Å²) in [6, 6.07) is 17.0. The summed E-state index contributed by atoms with van der Waals surface area (Å²) in [4.78, 5) is 30.2. The Labute approximate surface area is 177 Å². The largest absolute Gasteiger partial charge is 0.379 e. The van der Waals surface area contributed by atoms with Gasteiger partial charge in [-0.3, -0.25) is 14.5 Å². The van der Waals surface area contributed by atoms with Gasteiger partial charge in [0.15, 0.2) is 0 Å². The van der Waals surface area contributed by atoms with Crippen LogP contribution in [-0.2, 0) is 27.3 Å². The number of rotatable bonds is 7. The summed E-state index contributed by atoms with van der Waals surface area (Å²) in [5, 5.41) is 3.08. The van der Waals surface area contributed by atoms with Gasteiger partial charge < -0.3 is 15.0 Å². The molecule has 2 heterocycles. The van der Waals surface area contributed by atoms with Gasteiger partial charge in [-0.05, 0) is 29.7 Å². The van der Waals surface area contributed by atoms with Crippen molar-refractivity contribution >= 4 is 11.8 Å². The highest BCUT2D eigenvalue weighted by Crippen LogP contribution is 2.32. The number of ether oxygens (including phenoxy) is 1. The molecule has 0 spiro atoms. The molecular formula is C24H29N3O3. The number of fused-ring (bicyclic) bond motifs is 1. The molecule has 1 saturated heterocycles. The van der Waals surface area contributed by atoms with Gasteiger partial charge in [0.1, 0.15) is 6.04 Å². The van der Waals surface area contributed by atoms with Crippen molar-refractivity contribution in [2.45, 2.75) is 25.4 Å². The predicted molar refractivity (Wildman–Crippen MR) is 115 cm³/mol. The Morgan fingerprint density at radius 3 is 2.57 bits per heavy atom. The molecule has 0 bridgehead atoms. The standard InChI is InChI=1S/C24H29N3O3/c28-22-17-20-9-4-5-10-21(20)23(27(22)18-19-7-2-1-3-8-19)24(29)25-11-6-12-26-13-15-30-16-14-26/h1-5,7-10,23H,6,11-18H2,(H,25,29)/t23-/m1/s1. The Hall–Kier alpha value is -2.70. The van der Waals surface area contributed by atoms with E-state index in [-0.39, 0.29) is 11.8 Å². The summed E-state index contributed by atoms with van der Waals surface area (Å²) in [5.41, 5.74) is 2.90. The van der Waals surface area contributed by atoms with Gasteiger partial charge in [0.25, 0.3) is 0 Å². The highest BCUT2D eigenvalue weighted by Gasteiger charge is 2.36. The van der Waals surface area contributed by atoms with Crippen molar-refractivity contribution < 1.29 is 14.3 Å². The van der Waals surface area contributed by atoms with Gasteiger partial charge in [-0.25, -0.2) is 0 Å². The Morgan fingerprint density at radius 2 is 1.77 bits per heavy atom. The molecule has 158 valence electrons. The van der Waals surface area contributed by atoms with Crippen LogP contribution < -0.4 is 5.32 Å². The minimum Gasteiger partial charge on any atom is -0.379 e. The number of benzene rings is 2. The number of nitrogens with one attached hydrogen (secondary N) is 1. The van der Waals surface area contributed by atoms with Crippen LogP contribution in [0.1, 0.15) is 29.2 Å². The summed E-state index contributed by atoms with van der Waals surface area (Å²) >= 11 is 0. The molecule has 1 N–H and O–H groups in total.